The SMILES string of the molecule is CNc1ncc(F)cc1C(=O)NCC1CCCCS1. The van der Waals surface area contributed by atoms with Crippen LogP contribution in [0.3, 0.4) is 0 Å². The minimum absolute atomic E-state index is 0.253. The molecular weight excluding hydrogens is 265 g/mol. The first kappa shape index (κ1) is 14.1. The molecule has 1 unspecified atom stereocenters. The largest absolute Gasteiger partial charge is 0.372 e. The van der Waals surface area contributed by atoms with Gasteiger partial charge in [0.2, 0.25) is 0 Å². The van der Waals surface area contributed by atoms with Crippen molar-refractivity contribution in [2.24, 2.45) is 0 Å². The van der Waals surface area contributed by atoms with Crippen molar-refractivity contribution in [1.82, 2.24) is 10.3 Å². The Kier molecular flexibility index (Phi) is 5.01. The summed E-state index contributed by atoms with van der Waals surface area (Å²) in [4.78, 5) is 15.9. The number of amides is 1. The normalized spacial score (nSPS) is 18.9. The van der Waals surface area contributed by atoms with E-state index >= 15 is 0 Å². The number of hydrogen-bond donors (Lipinski definition) is 2. The van der Waals surface area contributed by atoms with Crippen LogP contribution in [0.15, 0.2) is 12.3 Å². The van der Waals surface area contributed by atoms with Crippen LogP contribution >= 0.6 is 11.8 Å². The Balaban J connectivity index is 1.97. The fraction of sp³-hybridized carbons (Fsp3) is 0.538. The van der Waals surface area contributed by atoms with E-state index < -0.39 is 5.82 Å². The van der Waals surface area contributed by atoms with E-state index in [0.717, 1.165) is 18.4 Å². The minimum atomic E-state index is -0.504. The predicted octanol–water partition coefficient (Wildman–Crippen LogP) is 2.28. The van der Waals surface area contributed by atoms with Gasteiger partial charge in [-0.2, -0.15) is 11.8 Å². The van der Waals surface area contributed by atoms with Gasteiger partial charge in [0, 0.05) is 18.8 Å². The number of hydrogen-bond acceptors (Lipinski definition) is 4. The lowest BCUT2D eigenvalue weighted by molar-refractivity contribution is 0.0953. The number of pyridine rings is 1. The Morgan fingerprint density at radius 1 is 1.58 bits per heavy atom. The van der Waals surface area contributed by atoms with Crippen molar-refractivity contribution in [2.45, 2.75) is 24.5 Å². The first-order valence-corrected chi connectivity index (χ1v) is 7.48. The molecule has 1 aliphatic rings. The van der Waals surface area contributed by atoms with E-state index in [0.29, 0.717) is 17.6 Å². The smallest absolute Gasteiger partial charge is 0.255 e. The quantitative estimate of drug-likeness (QED) is 0.890. The van der Waals surface area contributed by atoms with E-state index in [9.17, 15) is 9.18 Å². The number of carbonyl (C=O) groups is 1. The Morgan fingerprint density at radius 3 is 3.11 bits per heavy atom. The van der Waals surface area contributed by atoms with Gasteiger partial charge in [0.15, 0.2) is 0 Å². The van der Waals surface area contributed by atoms with Crippen molar-refractivity contribution in [2.75, 3.05) is 24.7 Å². The maximum Gasteiger partial charge on any atom is 0.255 e. The first-order valence-electron chi connectivity index (χ1n) is 6.44. The molecule has 1 aromatic heterocycles. The number of aromatic nitrogens is 1. The molecule has 1 fully saturated rings. The number of nitrogens with one attached hydrogen (secondary N) is 2. The van der Waals surface area contributed by atoms with Crippen LogP contribution in [-0.4, -0.2) is 35.5 Å². The number of carbonyl (C=O) groups excluding carboxylic acids is 1. The summed E-state index contributed by atoms with van der Waals surface area (Å²) in [6, 6.07) is 1.21. The summed E-state index contributed by atoms with van der Waals surface area (Å²) in [5.41, 5.74) is 0.253. The van der Waals surface area contributed by atoms with Crippen LogP contribution in [0.5, 0.6) is 0 Å². The van der Waals surface area contributed by atoms with E-state index in [1.54, 1.807) is 7.05 Å². The van der Waals surface area contributed by atoms with Crippen LogP contribution in [0.25, 0.3) is 0 Å². The fourth-order valence-electron chi connectivity index (χ4n) is 2.08. The topological polar surface area (TPSA) is 54.0 Å². The Hall–Kier alpha value is -1.30. The van der Waals surface area contributed by atoms with Crippen LogP contribution < -0.4 is 10.6 Å². The average Bonchev–Trinajstić information content (AvgIpc) is 2.46. The molecule has 4 nitrogen and oxygen atoms in total. The maximum atomic E-state index is 13.2. The van der Waals surface area contributed by atoms with E-state index in [1.165, 1.54) is 18.9 Å². The molecule has 19 heavy (non-hydrogen) atoms. The van der Waals surface area contributed by atoms with Crippen molar-refractivity contribution >= 4 is 23.5 Å². The molecule has 2 N–H and O–H groups in total. The molecule has 0 radical (unpaired) electrons. The highest BCUT2D eigenvalue weighted by molar-refractivity contribution is 7.99. The highest BCUT2D eigenvalue weighted by Gasteiger charge is 2.17. The van der Waals surface area contributed by atoms with Crippen LogP contribution in [0.4, 0.5) is 10.2 Å². The zero-order valence-electron chi connectivity index (χ0n) is 10.9. The van der Waals surface area contributed by atoms with Crippen molar-refractivity contribution in [1.29, 1.82) is 0 Å². The summed E-state index contributed by atoms with van der Waals surface area (Å²) < 4.78 is 13.2. The zero-order chi connectivity index (χ0) is 13.7. The van der Waals surface area contributed by atoms with Gasteiger partial charge in [0.25, 0.3) is 5.91 Å². The average molecular weight is 283 g/mol. The summed E-state index contributed by atoms with van der Waals surface area (Å²) in [7, 11) is 1.66. The lowest BCUT2D eigenvalue weighted by atomic mass is 10.2. The molecule has 0 aliphatic carbocycles. The van der Waals surface area contributed by atoms with Gasteiger partial charge in [-0.05, 0) is 24.7 Å². The lowest BCUT2D eigenvalue weighted by Gasteiger charge is -2.21. The van der Waals surface area contributed by atoms with Gasteiger partial charge in [-0.15, -0.1) is 0 Å². The van der Waals surface area contributed by atoms with Gasteiger partial charge in [0.1, 0.15) is 11.6 Å². The van der Waals surface area contributed by atoms with E-state index in [4.69, 9.17) is 0 Å². The third-order valence-electron chi connectivity index (χ3n) is 3.10. The van der Waals surface area contributed by atoms with E-state index in [1.807, 2.05) is 11.8 Å². The number of rotatable bonds is 4. The Labute approximate surface area is 116 Å². The Bertz CT molecular complexity index is 450. The first-order chi connectivity index (χ1) is 9.20. The second-order valence-corrected chi connectivity index (χ2v) is 5.91. The van der Waals surface area contributed by atoms with Crippen LogP contribution in [-0.2, 0) is 0 Å². The van der Waals surface area contributed by atoms with Crippen molar-refractivity contribution in [3.63, 3.8) is 0 Å². The second-order valence-electron chi connectivity index (χ2n) is 4.50. The molecular formula is C13H18FN3OS. The molecule has 0 spiro atoms. The molecule has 0 bridgehead atoms. The maximum absolute atomic E-state index is 13.2. The standard InChI is InChI=1S/C13H18FN3OS/c1-15-12-11(6-9(14)7-16-12)13(18)17-8-10-4-2-3-5-19-10/h6-7,10H,2-5,8H2,1H3,(H,15,16)(H,17,18). The van der Waals surface area contributed by atoms with Gasteiger partial charge in [-0.3, -0.25) is 4.79 Å². The molecule has 0 saturated carbocycles. The number of nitrogens with zero attached hydrogens (tertiary/aromatic N) is 1. The number of halogens is 1. The van der Waals surface area contributed by atoms with Gasteiger partial charge < -0.3 is 10.6 Å². The van der Waals surface area contributed by atoms with Gasteiger partial charge >= 0.3 is 0 Å². The summed E-state index contributed by atoms with van der Waals surface area (Å²) in [5.74, 6) is 0.776. The molecule has 1 saturated heterocycles. The van der Waals surface area contributed by atoms with Gasteiger partial charge in [-0.25, -0.2) is 9.37 Å². The molecule has 1 aliphatic heterocycles. The molecule has 2 rings (SSSR count). The molecule has 1 aromatic rings. The Morgan fingerprint density at radius 2 is 2.42 bits per heavy atom. The van der Waals surface area contributed by atoms with E-state index in [2.05, 4.69) is 15.6 Å². The molecule has 2 heterocycles. The van der Waals surface area contributed by atoms with Gasteiger partial charge in [0.05, 0.1) is 11.8 Å². The number of thioether (sulfide) groups is 1. The second kappa shape index (κ2) is 6.75. The molecule has 1 atom stereocenters. The minimum Gasteiger partial charge on any atom is -0.372 e. The summed E-state index contributed by atoms with van der Waals surface area (Å²) in [6.07, 6.45) is 4.70. The summed E-state index contributed by atoms with van der Waals surface area (Å²) in [6.45, 7) is 0.628. The van der Waals surface area contributed by atoms with Crippen molar-refractivity contribution in [3.05, 3.63) is 23.6 Å². The zero-order valence-corrected chi connectivity index (χ0v) is 11.7. The summed E-state index contributed by atoms with van der Waals surface area (Å²) >= 11 is 1.89. The number of anilines is 1. The predicted molar refractivity (Wildman–Crippen MR) is 76.2 cm³/mol. The van der Waals surface area contributed by atoms with Gasteiger partial charge in [-0.1, -0.05) is 6.42 Å². The van der Waals surface area contributed by atoms with Crippen molar-refractivity contribution < 1.29 is 9.18 Å². The molecule has 0 aromatic carbocycles. The van der Waals surface area contributed by atoms with Crippen LogP contribution in [0.1, 0.15) is 29.6 Å². The monoisotopic (exact) mass is 283 g/mol. The van der Waals surface area contributed by atoms with Crippen LogP contribution in [0, 0.1) is 5.82 Å². The molecule has 6 heteroatoms. The third-order valence-corrected chi connectivity index (χ3v) is 4.50. The highest BCUT2D eigenvalue weighted by atomic mass is 32.2. The van der Waals surface area contributed by atoms with Crippen LogP contribution in [0.2, 0.25) is 0 Å². The van der Waals surface area contributed by atoms with Crippen molar-refractivity contribution in [3.8, 4) is 0 Å². The lowest BCUT2D eigenvalue weighted by Crippen LogP contribution is -2.32. The van der Waals surface area contributed by atoms with E-state index in [-0.39, 0.29) is 11.5 Å². The fourth-order valence-corrected chi connectivity index (χ4v) is 3.32. The molecule has 104 valence electrons. The molecule has 1 amide bonds. The summed E-state index contributed by atoms with van der Waals surface area (Å²) in [5, 5.41) is 6.13. The third kappa shape index (κ3) is 3.83. The highest BCUT2D eigenvalue weighted by Crippen LogP contribution is 2.24.